The highest BCUT2D eigenvalue weighted by Crippen LogP contribution is 2.48. The number of anilines is 1. The second kappa shape index (κ2) is 12.4. The molecule has 0 saturated carbocycles. The molecule has 1 saturated heterocycles. The van der Waals surface area contributed by atoms with Crippen LogP contribution < -0.4 is 10.9 Å². The fourth-order valence-electron chi connectivity index (χ4n) is 7.06. The fourth-order valence-corrected chi connectivity index (χ4v) is 7.29. The second-order valence-electron chi connectivity index (χ2n) is 12.8. The number of likely N-dealkylation sites (tertiary alicyclic amines) is 1. The van der Waals surface area contributed by atoms with Gasteiger partial charge in [0.1, 0.15) is 23.7 Å². The van der Waals surface area contributed by atoms with Crippen LogP contribution in [0, 0.1) is 6.92 Å². The van der Waals surface area contributed by atoms with E-state index in [-0.39, 0.29) is 65.3 Å². The lowest BCUT2D eigenvalue weighted by Crippen LogP contribution is -2.47. The predicted octanol–water partition coefficient (Wildman–Crippen LogP) is 4.54. The first kappa shape index (κ1) is 34.2. The molecule has 2 aliphatic heterocycles. The zero-order valence-electron chi connectivity index (χ0n) is 27.9. The van der Waals surface area contributed by atoms with Gasteiger partial charge in [0.25, 0.3) is 11.5 Å². The van der Waals surface area contributed by atoms with Gasteiger partial charge in [-0.2, -0.15) is 27.8 Å². The molecule has 0 aliphatic carbocycles. The largest absolute Gasteiger partial charge is 0.505 e. The monoisotopic (exact) mass is 748 g/mol. The van der Waals surface area contributed by atoms with Crippen LogP contribution in [0.3, 0.4) is 0 Å². The minimum absolute atomic E-state index is 0.0145. The Bertz CT molecular complexity index is 2540. The third-order valence-corrected chi connectivity index (χ3v) is 9.76. The summed E-state index contributed by atoms with van der Waals surface area (Å²) < 4.78 is 50.5. The van der Waals surface area contributed by atoms with Crippen LogP contribution in [0.2, 0.25) is 5.02 Å². The predicted molar refractivity (Wildman–Crippen MR) is 181 cm³/mol. The van der Waals surface area contributed by atoms with Crippen LogP contribution in [0.5, 0.6) is 5.75 Å². The number of aromatic hydroxyl groups is 1. The van der Waals surface area contributed by atoms with E-state index >= 15 is 0 Å². The number of aromatic nitrogens is 8. The summed E-state index contributed by atoms with van der Waals surface area (Å²) in [5, 5.41) is 21.3. The number of carbonyl (C=O) groups is 2. The van der Waals surface area contributed by atoms with Gasteiger partial charge in [-0.15, -0.1) is 5.10 Å². The molecule has 0 unspecified atom stereocenters. The number of nitrogens with one attached hydrogen (secondary N) is 1. The van der Waals surface area contributed by atoms with Gasteiger partial charge in [0.05, 0.1) is 33.6 Å². The topological polar surface area (TPSA) is 174 Å². The van der Waals surface area contributed by atoms with E-state index < -0.39 is 47.4 Å². The smallest absolute Gasteiger partial charge is 0.416 e. The van der Waals surface area contributed by atoms with Gasteiger partial charge in [-0.1, -0.05) is 11.6 Å². The third-order valence-electron chi connectivity index (χ3n) is 9.45. The number of benzene rings is 1. The SMILES string of the molecule is Cc1nc2cc(-c3nc4n(CC(=O)Nc5ccc(C(F)(F)F)cc5Cl)c5c(c(=O)n4n3)C3(CCN(C(=O)c4ncccc4O)CC3)O[C@@H]5C)ccn2n1. The fraction of sp³-hybridized carbons (Fsp3) is 0.294. The van der Waals surface area contributed by atoms with E-state index in [9.17, 15) is 32.7 Å². The molecular formula is C34H28ClF3N10O5. The number of piperidine rings is 1. The molecule has 1 aromatic carbocycles. The first-order valence-electron chi connectivity index (χ1n) is 16.4. The van der Waals surface area contributed by atoms with E-state index in [4.69, 9.17) is 16.3 Å². The van der Waals surface area contributed by atoms with Crippen molar-refractivity contribution in [2.75, 3.05) is 18.4 Å². The summed E-state index contributed by atoms with van der Waals surface area (Å²) in [6.07, 6.45) is -1.89. The molecule has 6 aromatic rings. The summed E-state index contributed by atoms with van der Waals surface area (Å²) in [6.45, 7) is 3.34. The third kappa shape index (κ3) is 5.83. The first-order chi connectivity index (χ1) is 25.2. The molecule has 53 heavy (non-hydrogen) atoms. The van der Waals surface area contributed by atoms with Crippen molar-refractivity contribution in [1.82, 2.24) is 43.6 Å². The molecule has 2 amide bonds. The van der Waals surface area contributed by atoms with Gasteiger partial charge in [0.2, 0.25) is 11.7 Å². The quantitative estimate of drug-likeness (QED) is 0.255. The summed E-state index contributed by atoms with van der Waals surface area (Å²) in [6, 6.07) is 8.88. The minimum atomic E-state index is -4.63. The van der Waals surface area contributed by atoms with Crippen molar-refractivity contribution in [2.45, 2.75) is 51.1 Å². The number of carbonyl (C=O) groups excluding carboxylic acids is 2. The van der Waals surface area contributed by atoms with E-state index in [1.54, 1.807) is 36.7 Å². The van der Waals surface area contributed by atoms with Gasteiger partial charge in [-0.3, -0.25) is 14.4 Å². The standard InChI is InChI=1S/C34H28ClF3N10O5/c1-17-28-26(33(53-17)8-12-45(13-9-33)31(52)27-23(49)4-3-10-39-27)30(51)48-32(42-29(44-48)19-7-11-47-24(14-19)40-18(2)43-47)46(28)16-25(50)41-22-6-5-20(15-21(22)35)34(36,37)38/h3-7,10-11,14-15,17,49H,8-9,12-13,16H2,1-2H3,(H,41,50)/t17-/m1/s1. The average Bonchev–Trinajstić information content (AvgIpc) is 3.80. The van der Waals surface area contributed by atoms with Crippen LogP contribution in [0.4, 0.5) is 18.9 Å². The van der Waals surface area contributed by atoms with E-state index in [2.05, 4.69) is 30.5 Å². The number of ether oxygens (including phenoxy) is 1. The van der Waals surface area contributed by atoms with Crippen molar-refractivity contribution in [1.29, 1.82) is 0 Å². The number of aryl methyl sites for hydroxylation is 1. The van der Waals surface area contributed by atoms with E-state index in [1.165, 1.54) is 27.8 Å². The number of alkyl halides is 3. The summed E-state index contributed by atoms with van der Waals surface area (Å²) in [4.78, 5) is 56.0. The molecule has 7 heterocycles. The molecule has 15 nitrogen and oxygen atoms in total. The molecule has 2 aliphatic rings. The van der Waals surface area contributed by atoms with Gasteiger partial charge < -0.3 is 24.6 Å². The van der Waals surface area contributed by atoms with Crippen LogP contribution in [-0.2, 0) is 27.9 Å². The number of pyridine rings is 2. The molecule has 5 aromatic heterocycles. The van der Waals surface area contributed by atoms with E-state index in [1.807, 2.05) is 0 Å². The van der Waals surface area contributed by atoms with Crippen LogP contribution in [0.15, 0.2) is 59.7 Å². The highest BCUT2D eigenvalue weighted by Gasteiger charge is 2.50. The number of halogens is 4. The normalized spacial score (nSPS) is 16.8. The lowest BCUT2D eigenvalue weighted by Gasteiger charge is -2.39. The van der Waals surface area contributed by atoms with E-state index in [0.717, 1.165) is 22.7 Å². The Hall–Kier alpha value is -5.88. The molecule has 0 radical (unpaired) electrons. The molecule has 0 bridgehead atoms. The number of nitrogens with zero attached hydrogens (tertiary/aromatic N) is 9. The number of hydrogen-bond acceptors (Lipinski definition) is 10. The Morgan fingerprint density at radius 1 is 1.11 bits per heavy atom. The van der Waals surface area contributed by atoms with Crippen molar-refractivity contribution in [3.8, 4) is 17.1 Å². The number of rotatable bonds is 5. The zero-order chi connectivity index (χ0) is 37.4. The molecular weight excluding hydrogens is 721 g/mol. The van der Waals surface area contributed by atoms with Crippen LogP contribution >= 0.6 is 11.6 Å². The Kier molecular flexibility index (Phi) is 7.99. The Balaban J connectivity index is 1.20. The maximum atomic E-state index is 14.5. The zero-order valence-corrected chi connectivity index (χ0v) is 28.7. The van der Waals surface area contributed by atoms with Crippen molar-refractivity contribution in [3.63, 3.8) is 0 Å². The van der Waals surface area contributed by atoms with Gasteiger partial charge in [0.15, 0.2) is 17.2 Å². The average molecular weight is 749 g/mol. The van der Waals surface area contributed by atoms with Crippen LogP contribution in [-0.4, -0.2) is 73.7 Å². The van der Waals surface area contributed by atoms with Gasteiger partial charge in [0, 0.05) is 31.0 Å². The molecule has 1 spiro atoms. The van der Waals surface area contributed by atoms with Crippen LogP contribution in [0.25, 0.3) is 22.8 Å². The lowest BCUT2D eigenvalue weighted by molar-refractivity contribution is -0.137. The molecule has 1 fully saturated rings. The summed E-state index contributed by atoms with van der Waals surface area (Å²) in [5.74, 6) is -0.684. The highest BCUT2D eigenvalue weighted by molar-refractivity contribution is 6.33. The number of fused-ring (bicyclic) bond motifs is 4. The number of amides is 2. The molecule has 19 heteroatoms. The van der Waals surface area contributed by atoms with Gasteiger partial charge in [-0.25, -0.2) is 14.5 Å². The molecule has 8 rings (SSSR count). The summed E-state index contributed by atoms with van der Waals surface area (Å²) >= 11 is 6.14. The maximum absolute atomic E-state index is 14.5. The second-order valence-corrected chi connectivity index (χ2v) is 13.2. The maximum Gasteiger partial charge on any atom is 0.416 e. The first-order valence-corrected chi connectivity index (χ1v) is 16.8. The van der Waals surface area contributed by atoms with Crippen LogP contribution in [0.1, 0.15) is 59.0 Å². The Labute approximate surface area is 301 Å². The van der Waals surface area contributed by atoms with Gasteiger partial charge in [-0.05, 0) is 69.2 Å². The summed E-state index contributed by atoms with van der Waals surface area (Å²) in [5.41, 5.74) is -1.18. The van der Waals surface area contributed by atoms with Gasteiger partial charge >= 0.3 is 6.18 Å². The van der Waals surface area contributed by atoms with Crippen molar-refractivity contribution >= 4 is 40.5 Å². The van der Waals surface area contributed by atoms with Crippen molar-refractivity contribution in [3.05, 3.63) is 98.6 Å². The number of hydrogen-bond donors (Lipinski definition) is 2. The highest BCUT2D eigenvalue weighted by atomic mass is 35.5. The summed E-state index contributed by atoms with van der Waals surface area (Å²) in [7, 11) is 0. The van der Waals surface area contributed by atoms with Crippen molar-refractivity contribution < 1.29 is 32.6 Å². The molecule has 272 valence electrons. The molecule has 2 N–H and O–H groups in total. The lowest BCUT2D eigenvalue weighted by atomic mass is 9.85. The van der Waals surface area contributed by atoms with E-state index in [0.29, 0.717) is 22.7 Å². The Morgan fingerprint density at radius 2 is 1.89 bits per heavy atom. The molecule has 1 atom stereocenters. The Morgan fingerprint density at radius 3 is 2.60 bits per heavy atom. The minimum Gasteiger partial charge on any atom is -0.505 e. The van der Waals surface area contributed by atoms with Crippen molar-refractivity contribution in [2.24, 2.45) is 0 Å².